The van der Waals surface area contributed by atoms with E-state index in [1.807, 2.05) is 6.92 Å². The van der Waals surface area contributed by atoms with Crippen LogP contribution in [0.2, 0.25) is 0 Å². The Morgan fingerprint density at radius 2 is 1.24 bits per heavy atom. The largest absolute Gasteiger partial charge is 0.469 e. The molecule has 0 saturated carbocycles. The highest BCUT2D eigenvalue weighted by Crippen LogP contribution is 2.35. The van der Waals surface area contributed by atoms with Crippen molar-refractivity contribution in [3.63, 3.8) is 0 Å². The van der Waals surface area contributed by atoms with Gasteiger partial charge in [0.05, 0.1) is 12.6 Å². The van der Waals surface area contributed by atoms with E-state index in [0.29, 0.717) is 12.8 Å². The van der Waals surface area contributed by atoms with E-state index in [0.717, 1.165) is 25.7 Å². The van der Waals surface area contributed by atoms with E-state index < -0.39 is 7.82 Å². The van der Waals surface area contributed by atoms with Crippen molar-refractivity contribution in [2.45, 2.75) is 129 Å². The van der Waals surface area contributed by atoms with Gasteiger partial charge in [0.2, 0.25) is 5.91 Å². The first-order valence-electron chi connectivity index (χ1n) is 11.9. The number of carbonyl (C=O) groups is 1. The van der Waals surface area contributed by atoms with Crippen LogP contribution in [0.4, 0.5) is 0 Å². The SMILES string of the molecule is CCCCCCCCCCCCCCCC(=O)N[C@@H](CCCC)COP(=O)(O)O. The Morgan fingerprint density at radius 1 is 0.793 bits per heavy atom. The second-order valence-corrected chi connectivity index (χ2v) is 9.43. The van der Waals surface area contributed by atoms with Gasteiger partial charge in [0.1, 0.15) is 0 Å². The summed E-state index contributed by atoms with van der Waals surface area (Å²) in [5, 5.41) is 2.86. The Bertz CT molecular complexity index is 427. The molecule has 0 spiro atoms. The van der Waals surface area contributed by atoms with Crippen LogP contribution in [0.5, 0.6) is 0 Å². The highest BCUT2D eigenvalue weighted by atomic mass is 31.2. The van der Waals surface area contributed by atoms with Gasteiger partial charge in [-0.2, -0.15) is 0 Å². The molecule has 7 heteroatoms. The van der Waals surface area contributed by atoms with E-state index >= 15 is 0 Å². The fourth-order valence-electron chi connectivity index (χ4n) is 3.44. The van der Waals surface area contributed by atoms with Crippen LogP contribution in [0.25, 0.3) is 0 Å². The van der Waals surface area contributed by atoms with E-state index in [9.17, 15) is 9.36 Å². The van der Waals surface area contributed by atoms with Crippen molar-refractivity contribution in [1.29, 1.82) is 0 Å². The normalized spacial score (nSPS) is 12.8. The number of amides is 1. The maximum atomic E-state index is 12.1. The lowest BCUT2D eigenvalue weighted by Crippen LogP contribution is -2.37. The van der Waals surface area contributed by atoms with Crippen molar-refractivity contribution >= 4 is 13.7 Å². The predicted molar refractivity (Wildman–Crippen MR) is 120 cm³/mol. The van der Waals surface area contributed by atoms with Gasteiger partial charge in [0.25, 0.3) is 0 Å². The molecule has 0 unspecified atom stereocenters. The van der Waals surface area contributed by atoms with Crippen molar-refractivity contribution < 1.29 is 23.7 Å². The number of phosphoric acid groups is 1. The van der Waals surface area contributed by atoms with E-state index in [2.05, 4.69) is 16.8 Å². The molecule has 29 heavy (non-hydrogen) atoms. The van der Waals surface area contributed by atoms with Gasteiger partial charge in [0.15, 0.2) is 0 Å². The van der Waals surface area contributed by atoms with Gasteiger partial charge in [-0.05, 0) is 12.8 Å². The molecular formula is C22H46NO5P. The van der Waals surface area contributed by atoms with Crippen LogP contribution < -0.4 is 5.32 Å². The summed E-state index contributed by atoms with van der Waals surface area (Å²) in [7, 11) is -4.50. The summed E-state index contributed by atoms with van der Waals surface area (Å²) in [6.45, 7) is 4.15. The molecule has 0 saturated heterocycles. The second-order valence-electron chi connectivity index (χ2n) is 8.19. The van der Waals surface area contributed by atoms with Crippen LogP contribution in [-0.4, -0.2) is 28.3 Å². The van der Waals surface area contributed by atoms with Crippen molar-refractivity contribution in [2.24, 2.45) is 0 Å². The van der Waals surface area contributed by atoms with Gasteiger partial charge in [-0.3, -0.25) is 9.32 Å². The van der Waals surface area contributed by atoms with Crippen molar-refractivity contribution in [1.82, 2.24) is 5.32 Å². The Labute approximate surface area is 178 Å². The predicted octanol–water partition coefficient (Wildman–Crippen LogP) is 6.25. The second kappa shape index (κ2) is 19.5. The zero-order chi connectivity index (χ0) is 21.8. The van der Waals surface area contributed by atoms with Crippen molar-refractivity contribution in [2.75, 3.05) is 6.61 Å². The van der Waals surface area contributed by atoms with Crippen LogP contribution in [-0.2, 0) is 13.9 Å². The standard InChI is InChI=1S/C22H46NO5P/c1-3-5-7-8-9-10-11-12-13-14-15-16-17-19-22(24)23-21(18-6-4-2)20-28-29(25,26)27/h21H,3-20H2,1-2H3,(H,23,24)(H2,25,26,27)/t21-/m0/s1. The maximum Gasteiger partial charge on any atom is 0.469 e. The molecule has 3 N–H and O–H groups in total. The van der Waals surface area contributed by atoms with Crippen LogP contribution in [0, 0.1) is 0 Å². The number of hydrogen-bond donors (Lipinski definition) is 3. The Kier molecular flexibility index (Phi) is 19.3. The first kappa shape index (κ1) is 28.6. The molecule has 0 aromatic carbocycles. The van der Waals surface area contributed by atoms with Gasteiger partial charge in [-0.15, -0.1) is 0 Å². The number of phosphoric ester groups is 1. The number of hydrogen-bond acceptors (Lipinski definition) is 3. The number of nitrogens with one attached hydrogen (secondary N) is 1. The molecule has 1 atom stereocenters. The van der Waals surface area contributed by atoms with Crippen molar-refractivity contribution in [3.05, 3.63) is 0 Å². The molecule has 0 bridgehead atoms. The zero-order valence-corrected chi connectivity index (χ0v) is 19.8. The van der Waals surface area contributed by atoms with Crippen LogP contribution in [0.15, 0.2) is 0 Å². The van der Waals surface area contributed by atoms with Gasteiger partial charge in [0, 0.05) is 6.42 Å². The minimum absolute atomic E-state index is 0.0523. The number of carbonyl (C=O) groups excluding carboxylic acids is 1. The van der Waals surface area contributed by atoms with Crippen LogP contribution in [0.1, 0.15) is 123 Å². The summed E-state index contributed by atoms with van der Waals surface area (Å²) in [6.07, 6.45) is 19.5. The molecule has 0 fully saturated rings. The molecule has 0 aromatic rings. The van der Waals surface area contributed by atoms with Crippen LogP contribution >= 0.6 is 7.82 Å². The van der Waals surface area contributed by atoms with Gasteiger partial charge < -0.3 is 15.1 Å². The average Bonchev–Trinajstić information content (AvgIpc) is 2.67. The minimum Gasteiger partial charge on any atom is -0.351 e. The van der Waals surface area contributed by atoms with Crippen molar-refractivity contribution in [3.8, 4) is 0 Å². The molecule has 174 valence electrons. The summed E-state index contributed by atoms with van der Waals surface area (Å²) in [4.78, 5) is 29.8. The molecule has 0 aliphatic rings. The third-order valence-corrected chi connectivity index (χ3v) is 5.71. The first-order valence-corrected chi connectivity index (χ1v) is 13.4. The summed E-state index contributed by atoms with van der Waals surface area (Å²) in [6, 6.07) is -0.336. The lowest BCUT2D eigenvalue weighted by Gasteiger charge is -2.19. The molecule has 0 aliphatic heterocycles. The number of unbranched alkanes of at least 4 members (excludes halogenated alkanes) is 13. The van der Waals surface area contributed by atoms with Gasteiger partial charge in [-0.25, -0.2) is 4.57 Å². The molecule has 0 radical (unpaired) electrons. The topological polar surface area (TPSA) is 95.9 Å². The van der Waals surface area contributed by atoms with E-state index in [4.69, 9.17) is 9.79 Å². The smallest absolute Gasteiger partial charge is 0.351 e. The molecule has 0 heterocycles. The molecule has 1 amide bonds. The molecule has 6 nitrogen and oxygen atoms in total. The quantitative estimate of drug-likeness (QED) is 0.146. The summed E-state index contributed by atoms with van der Waals surface area (Å²) >= 11 is 0. The van der Waals surface area contributed by atoms with E-state index in [-0.39, 0.29) is 18.6 Å². The molecule has 0 aliphatic carbocycles. The van der Waals surface area contributed by atoms with Gasteiger partial charge >= 0.3 is 7.82 Å². The minimum atomic E-state index is -4.50. The van der Waals surface area contributed by atoms with E-state index in [1.54, 1.807) is 0 Å². The Hall–Kier alpha value is -0.420. The van der Waals surface area contributed by atoms with Crippen LogP contribution in [0.3, 0.4) is 0 Å². The van der Waals surface area contributed by atoms with E-state index in [1.165, 1.54) is 70.6 Å². The highest BCUT2D eigenvalue weighted by molar-refractivity contribution is 7.46. The average molecular weight is 436 g/mol. The molecule has 0 rings (SSSR count). The summed E-state index contributed by atoms with van der Waals surface area (Å²) in [5.74, 6) is -0.0523. The summed E-state index contributed by atoms with van der Waals surface area (Å²) in [5.41, 5.74) is 0. The fraction of sp³-hybridized carbons (Fsp3) is 0.955. The maximum absolute atomic E-state index is 12.1. The third kappa shape index (κ3) is 22.1. The first-order chi connectivity index (χ1) is 13.9. The molecular weight excluding hydrogens is 389 g/mol. The monoisotopic (exact) mass is 435 g/mol. The Balaban J connectivity index is 3.64. The lowest BCUT2D eigenvalue weighted by molar-refractivity contribution is -0.122. The third-order valence-electron chi connectivity index (χ3n) is 5.22. The number of rotatable bonds is 21. The fourth-order valence-corrected chi connectivity index (χ4v) is 3.81. The summed E-state index contributed by atoms with van der Waals surface area (Å²) < 4.78 is 15.4. The highest BCUT2D eigenvalue weighted by Gasteiger charge is 2.19. The molecule has 0 aromatic heterocycles. The Morgan fingerprint density at radius 3 is 1.69 bits per heavy atom. The van der Waals surface area contributed by atoms with Gasteiger partial charge in [-0.1, -0.05) is 104 Å². The zero-order valence-electron chi connectivity index (χ0n) is 18.9. The lowest BCUT2D eigenvalue weighted by atomic mass is 10.0.